The lowest BCUT2D eigenvalue weighted by Crippen LogP contribution is -2.45. The second kappa shape index (κ2) is 9.49. The fourth-order valence-electron chi connectivity index (χ4n) is 3.58. The molecule has 3 rings (SSSR count). The van der Waals surface area contributed by atoms with E-state index in [1.807, 2.05) is 31.2 Å². The predicted molar refractivity (Wildman–Crippen MR) is 114 cm³/mol. The summed E-state index contributed by atoms with van der Waals surface area (Å²) in [5.41, 5.74) is 0.961. The number of piperidine rings is 1. The highest BCUT2D eigenvalue weighted by Crippen LogP contribution is 2.26. The molecule has 0 radical (unpaired) electrons. The average molecular weight is 433 g/mol. The molecule has 30 heavy (non-hydrogen) atoms. The van der Waals surface area contributed by atoms with Gasteiger partial charge in [-0.1, -0.05) is 12.1 Å². The molecular formula is C22H28N2O5S. The lowest BCUT2D eigenvalue weighted by atomic mass is 9.98. The van der Waals surface area contributed by atoms with Crippen molar-refractivity contribution < 1.29 is 22.7 Å². The topological polar surface area (TPSA) is 84.9 Å². The zero-order valence-electron chi connectivity index (χ0n) is 17.5. The Morgan fingerprint density at radius 1 is 1.03 bits per heavy atom. The van der Waals surface area contributed by atoms with E-state index in [0.29, 0.717) is 25.1 Å². The molecule has 1 N–H and O–H groups in total. The molecule has 1 amide bonds. The van der Waals surface area contributed by atoms with Crippen LogP contribution < -0.4 is 14.8 Å². The van der Waals surface area contributed by atoms with Gasteiger partial charge in [0.1, 0.15) is 11.5 Å². The molecule has 0 aliphatic carbocycles. The van der Waals surface area contributed by atoms with Crippen LogP contribution in [0, 0.1) is 5.92 Å². The standard InChI is InChI=1S/C22H28N2O5S/c1-16(17-6-8-19(28-2)9-7-17)23-22(25)18-5-4-14-24(15-18)30(26,27)21-12-10-20(29-3)11-13-21/h6-13,16,18H,4-5,14-15H2,1-3H3,(H,23,25)/t16-,18-/m0/s1. The summed E-state index contributed by atoms with van der Waals surface area (Å²) >= 11 is 0. The van der Waals surface area contributed by atoms with Gasteiger partial charge in [-0.15, -0.1) is 0 Å². The maximum atomic E-state index is 13.0. The van der Waals surface area contributed by atoms with Crippen LogP contribution in [0.2, 0.25) is 0 Å². The van der Waals surface area contributed by atoms with Crippen molar-refractivity contribution in [3.63, 3.8) is 0 Å². The fourth-order valence-corrected chi connectivity index (χ4v) is 5.10. The minimum absolute atomic E-state index is 0.132. The number of nitrogens with one attached hydrogen (secondary N) is 1. The molecule has 0 unspecified atom stereocenters. The van der Waals surface area contributed by atoms with Gasteiger partial charge in [0.2, 0.25) is 15.9 Å². The van der Waals surface area contributed by atoms with Crippen molar-refractivity contribution in [3.05, 3.63) is 54.1 Å². The first-order chi connectivity index (χ1) is 14.3. The fraction of sp³-hybridized carbons (Fsp3) is 0.409. The van der Waals surface area contributed by atoms with Gasteiger partial charge < -0.3 is 14.8 Å². The number of carbonyl (C=O) groups excluding carboxylic acids is 1. The first kappa shape index (κ1) is 22.1. The SMILES string of the molecule is COc1ccc([C@H](C)NC(=O)[C@H]2CCCN(S(=O)(=O)c3ccc(OC)cc3)C2)cc1. The number of ether oxygens (including phenoxy) is 2. The molecule has 7 nitrogen and oxygen atoms in total. The minimum atomic E-state index is -3.66. The van der Waals surface area contributed by atoms with Gasteiger partial charge >= 0.3 is 0 Å². The van der Waals surface area contributed by atoms with Crippen LogP contribution >= 0.6 is 0 Å². The van der Waals surface area contributed by atoms with Crippen LogP contribution in [0.15, 0.2) is 53.4 Å². The summed E-state index contributed by atoms with van der Waals surface area (Å²) in [4.78, 5) is 13.0. The van der Waals surface area contributed by atoms with Crippen LogP contribution in [-0.4, -0.2) is 45.9 Å². The van der Waals surface area contributed by atoms with Gasteiger partial charge in [-0.25, -0.2) is 8.42 Å². The third kappa shape index (κ3) is 4.94. The first-order valence-electron chi connectivity index (χ1n) is 9.93. The third-order valence-corrected chi connectivity index (χ3v) is 7.31. The van der Waals surface area contributed by atoms with E-state index in [0.717, 1.165) is 11.3 Å². The number of hydrogen-bond donors (Lipinski definition) is 1. The molecule has 1 aliphatic heterocycles. The van der Waals surface area contributed by atoms with E-state index >= 15 is 0 Å². The highest BCUT2D eigenvalue weighted by Gasteiger charge is 2.33. The molecule has 8 heteroatoms. The number of carbonyl (C=O) groups is 1. The van der Waals surface area contributed by atoms with E-state index in [4.69, 9.17) is 9.47 Å². The number of nitrogens with zero attached hydrogens (tertiary/aromatic N) is 1. The number of sulfonamides is 1. The van der Waals surface area contributed by atoms with Crippen molar-refractivity contribution in [1.29, 1.82) is 0 Å². The smallest absolute Gasteiger partial charge is 0.243 e. The van der Waals surface area contributed by atoms with E-state index in [1.54, 1.807) is 19.2 Å². The zero-order chi connectivity index (χ0) is 21.7. The molecule has 2 aromatic carbocycles. The summed E-state index contributed by atoms with van der Waals surface area (Å²) in [5.74, 6) is 0.835. The van der Waals surface area contributed by atoms with Crippen LogP contribution in [0.25, 0.3) is 0 Å². The minimum Gasteiger partial charge on any atom is -0.497 e. The maximum absolute atomic E-state index is 13.0. The van der Waals surface area contributed by atoms with E-state index in [-0.39, 0.29) is 29.3 Å². The Bertz CT molecular complexity index is 958. The number of hydrogen-bond acceptors (Lipinski definition) is 5. The van der Waals surface area contributed by atoms with Crippen molar-refractivity contribution in [1.82, 2.24) is 9.62 Å². The van der Waals surface area contributed by atoms with E-state index < -0.39 is 10.0 Å². The molecule has 1 saturated heterocycles. The third-order valence-electron chi connectivity index (χ3n) is 5.43. The van der Waals surface area contributed by atoms with Gasteiger partial charge in [0.25, 0.3) is 0 Å². The molecule has 0 aromatic heterocycles. The molecule has 0 spiro atoms. The number of benzene rings is 2. The molecule has 162 valence electrons. The van der Waals surface area contributed by atoms with Crippen LogP contribution in [0.5, 0.6) is 11.5 Å². The summed E-state index contributed by atoms with van der Waals surface area (Å²) in [6, 6.07) is 13.6. The van der Waals surface area contributed by atoms with Crippen molar-refractivity contribution in [3.8, 4) is 11.5 Å². The molecule has 1 fully saturated rings. The summed E-state index contributed by atoms with van der Waals surface area (Å²) in [6.45, 7) is 2.50. The normalized spacial score (nSPS) is 18.4. The summed E-state index contributed by atoms with van der Waals surface area (Å²) in [7, 11) is -0.520. The molecule has 0 saturated carbocycles. The Morgan fingerprint density at radius 2 is 1.60 bits per heavy atom. The number of methoxy groups -OCH3 is 2. The van der Waals surface area contributed by atoms with Crippen LogP contribution in [0.3, 0.4) is 0 Å². The monoisotopic (exact) mass is 432 g/mol. The quantitative estimate of drug-likeness (QED) is 0.727. The molecule has 0 bridgehead atoms. The van der Waals surface area contributed by atoms with Gasteiger partial charge in [-0.05, 0) is 61.7 Å². The van der Waals surface area contributed by atoms with Crippen LogP contribution in [0.4, 0.5) is 0 Å². The average Bonchev–Trinajstić information content (AvgIpc) is 2.79. The summed E-state index contributed by atoms with van der Waals surface area (Å²) < 4.78 is 37.7. The molecule has 2 atom stereocenters. The highest BCUT2D eigenvalue weighted by atomic mass is 32.2. The Labute approximate surface area is 178 Å². The van der Waals surface area contributed by atoms with Gasteiger partial charge in [0.15, 0.2) is 0 Å². The Hall–Kier alpha value is -2.58. The van der Waals surface area contributed by atoms with E-state index in [2.05, 4.69) is 5.32 Å². The predicted octanol–water partition coefficient (Wildman–Crippen LogP) is 2.98. The molecule has 1 aliphatic rings. The molecule has 1 heterocycles. The number of rotatable bonds is 7. The second-order valence-corrected chi connectivity index (χ2v) is 9.32. The Balaban J connectivity index is 1.66. The van der Waals surface area contributed by atoms with Gasteiger partial charge in [-0.2, -0.15) is 4.31 Å². The second-order valence-electron chi connectivity index (χ2n) is 7.38. The van der Waals surface area contributed by atoms with Crippen molar-refractivity contribution >= 4 is 15.9 Å². The molecular weight excluding hydrogens is 404 g/mol. The highest BCUT2D eigenvalue weighted by molar-refractivity contribution is 7.89. The Morgan fingerprint density at radius 3 is 2.17 bits per heavy atom. The maximum Gasteiger partial charge on any atom is 0.243 e. The van der Waals surface area contributed by atoms with Crippen LogP contribution in [0.1, 0.15) is 31.4 Å². The van der Waals surface area contributed by atoms with E-state index in [9.17, 15) is 13.2 Å². The molecule has 2 aromatic rings. The van der Waals surface area contributed by atoms with Crippen LogP contribution in [-0.2, 0) is 14.8 Å². The van der Waals surface area contributed by atoms with Gasteiger partial charge in [0, 0.05) is 13.1 Å². The largest absolute Gasteiger partial charge is 0.497 e. The van der Waals surface area contributed by atoms with Gasteiger partial charge in [-0.3, -0.25) is 4.79 Å². The summed E-state index contributed by atoms with van der Waals surface area (Å²) in [5, 5.41) is 3.01. The van der Waals surface area contributed by atoms with E-state index in [1.165, 1.54) is 23.5 Å². The Kier molecular flexibility index (Phi) is 6.99. The first-order valence-corrected chi connectivity index (χ1v) is 11.4. The van der Waals surface area contributed by atoms with Crippen molar-refractivity contribution in [2.75, 3.05) is 27.3 Å². The van der Waals surface area contributed by atoms with Crippen molar-refractivity contribution in [2.45, 2.75) is 30.7 Å². The number of amides is 1. The van der Waals surface area contributed by atoms with Gasteiger partial charge in [0.05, 0.1) is 31.1 Å². The lowest BCUT2D eigenvalue weighted by molar-refractivity contribution is -0.126. The van der Waals surface area contributed by atoms with Crippen molar-refractivity contribution in [2.24, 2.45) is 5.92 Å². The zero-order valence-corrected chi connectivity index (χ0v) is 18.3. The summed E-state index contributed by atoms with van der Waals surface area (Å²) in [6.07, 6.45) is 1.31. The lowest BCUT2D eigenvalue weighted by Gasteiger charge is -2.32.